The van der Waals surface area contributed by atoms with Crippen molar-refractivity contribution in [1.82, 2.24) is 5.01 Å². The van der Waals surface area contributed by atoms with Crippen LogP contribution in [0.25, 0.3) is 0 Å². The first-order chi connectivity index (χ1) is 10.7. The Hall–Kier alpha value is -2.13. The van der Waals surface area contributed by atoms with E-state index in [1.165, 1.54) is 0 Å². The van der Waals surface area contributed by atoms with Crippen LogP contribution in [0.1, 0.15) is 11.1 Å². The van der Waals surface area contributed by atoms with Gasteiger partial charge in [-0.25, -0.2) is 14.8 Å². The first-order valence-electron chi connectivity index (χ1n) is 6.88. The molecule has 0 aromatic heterocycles. The Bertz CT molecular complexity index is 711. The predicted molar refractivity (Wildman–Crippen MR) is 82.3 cm³/mol. The Morgan fingerprint density at radius 2 is 1.96 bits per heavy atom. The summed E-state index contributed by atoms with van der Waals surface area (Å²) in [6.07, 6.45) is 0.189. The monoisotopic (exact) mass is 342 g/mol. The molecule has 23 heavy (non-hydrogen) atoms. The molecule has 1 aromatic rings. The number of carbonyl (C=O) groups is 2. The number of cyclic esters (lactones) is 1. The fraction of sp³-hybridized carbons (Fsp3) is 0.429. The van der Waals surface area contributed by atoms with Crippen LogP contribution in [0.3, 0.4) is 0 Å². The fourth-order valence-electron chi connectivity index (χ4n) is 2.31. The lowest BCUT2D eigenvalue weighted by molar-refractivity contribution is -0.122. The van der Waals surface area contributed by atoms with Gasteiger partial charge in [0, 0.05) is 0 Å². The Morgan fingerprint density at radius 3 is 2.43 bits per heavy atom. The summed E-state index contributed by atoms with van der Waals surface area (Å²) >= 11 is 0. The lowest BCUT2D eigenvalue weighted by atomic mass is 10.1. The van der Waals surface area contributed by atoms with Gasteiger partial charge in [0.2, 0.25) is 0 Å². The summed E-state index contributed by atoms with van der Waals surface area (Å²) in [7, 11) is -3.77. The summed E-state index contributed by atoms with van der Waals surface area (Å²) in [6.45, 7) is 3.23. The van der Waals surface area contributed by atoms with Gasteiger partial charge in [-0.05, 0) is 25.0 Å². The van der Waals surface area contributed by atoms with Crippen LogP contribution in [0.4, 0.5) is 10.5 Å². The van der Waals surface area contributed by atoms with Gasteiger partial charge in [-0.1, -0.05) is 18.2 Å². The van der Waals surface area contributed by atoms with Gasteiger partial charge >= 0.3 is 6.09 Å². The van der Waals surface area contributed by atoms with Crippen LogP contribution in [0.15, 0.2) is 18.2 Å². The number of benzene rings is 1. The van der Waals surface area contributed by atoms with Gasteiger partial charge in [-0.15, -0.1) is 0 Å². The molecule has 8 nitrogen and oxygen atoms in total. The highest BCUT2D eigenvalue weighted by Crippen LogP contribution is 2.27. The highest BCUT2D eigenvalue weighted by molar-refractivity contribution is 7.86. The quantitative estimate of drug-likeness (QED) is 0.741. The first-order valence-corrected chi connectivity index (χ1v) is 8.70. The molecule has 1 aromatic carbocycles. The summed E-state index contributed by atoms with van der Waals surface area (Å²) < 4.78 is 31.7. The van der Waals surface area contributed by atoms with Crippen LogP contribution in [0.2, 0.25) is 0 Å². The summed E-state index contributed by atoms with van der Waals surface area (Å²) in [5.41, 5.74) is 2.03. The van der Waals surface area contributed by atoms with Crippen LogP contribution in [0, 0.1) is 13.8 Å². The molecule has 0 atom stereocenters. The van der Waals surface area contributed by atoms with E-state index in [1.54, 1.807) is 26.0 Å². The van der Waals surface area contributed by atoms with Crippen molar-refractivity contribution >= 4 is 27.8 Å². The maximum Gasteiger partial charge on any atom is 0.429 e. The van der Waals surface area contributed by atoms with Gasteiger partial charge in [-0.3, -0.25) is 8.98 Å². The Morgan fingerprint density at radius 1 is 1.35 bits per heavy atom. The van der Waals surface area contributed by atoms with E-state index in [0.717, 1.165) is 27.4 Å². The molecule has 126 valence electrons. The number of hydrazine groups is 1. The van der Waals surface area contributed by atoms with Crippen LogP contribution in [0.5, 0.6) is 0 Å². The third kappa shape index (κ3) is 3.99. The molecule has 9 heteroatoms. The molecule has 0 radical (unpaired) electrons. The number of hydrogen-bond acceptors (Lipinski definition) is 6. The maximum absolute atomic E-state index is 12.5. The van der Waals surface area contributed by atoms with Crippen molar-refractivity contribution < 1.29 is 26.9 Å². The van der Waals surface area contributed by atoms with Gasteiger partial charge < -0.3 is 4.74 Å². The number of amides is 2. The molecule has 1 aliphatic heterocycles. The van der Waals surface area contributed by atoms with Crippen molar-refractivity contribution in [3.05, 3.63) is 29.3 Å². The van der Waals surface area contributed by atoms with Crippen molar-refractivity contribution in [2.45, 2.75) is 13.8 Å². The first kappa shape index (κ1) is 17.2. The molecule has 2 rings (SSSR count). The number of para-hydroxylation sites is 1. The van der Waals surface area contributed by atoms with Gasteiger partial charge in [0.15, 0.2) is 0 Å². The molecular formula is C14H18N2O6S. The van der Waals surface area contributed by atoms with Crippen molar-refractivity contribution in [3.8, 4) is 0 Å². The van der Waals surface area contributed by atoms with E-state index in [9.17, 15) is 18.0 Å². The third-order valence-corrected chi connectivity index (χ3v) is 3.81. The highest BCUT2D eigenvalue weighted by atomic mass is 32.2. The number of aryl methyl sites for hydroxylation is 2. The molecule has 0 spiro atoms. The Kier molecular flexibility index (Phi) is 4.90. The van der Waals surface area contributed by atoms with Crippen molar-refractivity contribution in [1.29, 1.82) is 0 Å². The summed E-state index contributed by atoms with van der Waals surface area (Å²) in [5, 5.41) is 2.27. The zero-order valence-corrected chi connectivity index (χ0v) is 13.9. The molecule has 1 fully saturated rings. The smallest absolute Gasteiger partial charge is 0.429 e. The molecule has 0 unspecified atom stereocenters. The molecule has 2 amide bonds. The zero-order valence-electron chi connectivity index (χ0n) is 13.1. The second-order valence-electron chi connectivity index (χ2n) is 5.15. The minimum absolute atomic E-state index is 0.153. The average molecular weight is 342 g/mol. The SMILES string of the molecule is Cc1cccc(C)c1N(C(=O)COS(C)(=O)=O)N1CCOC1=O. The standard InChI is InChI=1S/C14H18N2O6S/c1-10-5-4-6-11(2)13(10)16(15-7-8-21-14(15)18)12(17)9-22-23(3,19)20/h4-6H,7-9H2,1-3H3. The zero-order chi connectivity index (χ0) is 17.2. The minimum atomic E-state index is -3.77. The molecule has 0 N–H and O–H groups in total. The van der Waals surface area contributed by atoms with E-state index < -0.39 is 28.7 Å². The van der Waals surface area contributed by atoms with Crippen molar-refractivity contribution in [2.24, 2.45) is 0 Å². The van der Waals surface area contributed by atoms with Crippen LogP contribution < -0.4 is 5.01 Å². The van der Waals surface area contributed by atoms with E-state index in [0.29, 0.717) is 5.69 Å². The van der Waals surface area contributed by atoms with Gasteiger partial charge in [0.1, 0.15) is 13.2 Å². The lowest BCUT2D eigenvalue weighted by Crippen LogP contribution is -2.49. The van der Waals surface area contributed by atoms with E-state index >= 15 is 0 Å². The van der Waals surface area contributed by atoms with Gasteiger partial charge in [0.25, 0.3) is 16.0 Å². The molecule has 0 saturated carbocycles. The second kappa shape index (κ2) is 6.55. The molecular weight excluding hydrogens is 324 g/mol. The topological polar surface area (TPSA) is 93.2 Å². The van der Waals surface area contributed by atoms with E-state index in [-0.39, 0.29) is 13.2 Å². The molecule has 0 aliphatic carbocycles. The van der Waals surface area contributed by atoms with Crippen molar-refractivity contribution in [2.75, 3.05) is 31.0 Å². The largest absolute Gasteiger partial charge is 0.446 e. The molecule has 1 saturated heterocycles. The highest BCUT2D eigenvalue weighted by Gasteiger charge is 2.34. The summed E-state index contributed by atoms with van der Waals surface area (Å²) in [6, 6.07) is 5.41. The molecule has 1 aliphatic rings. The number of hydrogen-bond donors (Lipinski definition) is 0. The normalized spacial score (nSPS) is 14.7. The average Bonchev–Trinajstić information content (AvgIpc) is 2.85. The van der Waals surface area contributed by atoms with Crippen LogP contribution in [-0.2, 0) is 23.8 Å². The number of ether oxygens (including phenoxy) is 1. The minimum Gasteiger partial charge on any atom is -0.446 e. The number of carbonyl (C=O) groups excluding carboxylic acids is 2. The Labute approximate surface area is 134 Å². The van der Waals surface area contributed by atoms with E-state index in [1.807, 2.05) is 6.07 Å². The fourth-order valence-corrected chi connectivity index (χ4v) is 2.62. The van der Waals surface area contributed by atoms with Crippen LogP contribution >= 0.6 is 0 Å². The van der Waals surface area contributed by atoms with E-state index in [2.05, 4.69) is 4.18 Å². The molecule has 1 heterocycles. The number of rotatable bonds is 5. The third-order valence-electron chi connectivity index (χ3n) is 3.26. The maximum atomic E-state index is 12.5. The lowest BCUT2D eigenvalue weighted by Gasteiger charge is -2.31. The Balaban J connectivity index is 2.40. The van der Waals surface area contributed by atoms with E-state index in [4.69, 9.17) is 4.74 Å². The number of nitrogens with zero attached hydrogens (tertiary/aromatic N) is 2. The number of anilines is 1. The predicted octanol–water partition coefficient (Wildman–Crippen LogP) is 0.980. The van der Waals surface area contributed by atoms with Crippen molar-refractivity contribution in [3.63, 3.8) is 0 Å². The summed E-state index contributed by atoms with van der Waals surface area (Å²) in [5.74, 6) is -0.674. The van der Waals surface area contributed by atoms with Gasteiger partial charge in [-0.2, -0.15) is 8.42 Å². The second-order valence-corrected chi connectivity index (χ2v) is 6.79. The van der Waals surface area contributed by atoms with Gasteiger partial charge in [0.05, 0.1) is 18.5 Å². The summed E-state index contributed by atoms with van der Waals surface area (Å²) in [4.78, 5) is 24.4. The molecule has 0 bridgehead atoms. The van der Waals surface area contributed by atoms with Crippen LogP contribution in [-0.4, -0.2) is 51.4 Å².